The summed E-state index contributed by atoms with van der Waals surface area (Å²) in [6, 6.07) is 8.82. The summed E-state index contributed by atoms with van der Waals surface area (Å²) < 4.78 is 0. The fourth-order valence-corrected chi connectivity index (χ4v) is 3.10. The average Bonchev–Trinajstić information content (AvgIpc) is 2.27. The molecule has 0 radical (unpaired) electrons. The standard InChI is InChI=1S/C15H22ClN/c1-11-7-12(2)9-15(8-11)17-10-13-3-5-14(16)6-4-13/h3-6,11-12,15,17H,7-10H2,1-2H3. The fraction of sp³-hybridized carbons (Fsp3) is 0.600. The molecule has 2 atom stereocenters. The Bertz CT molecular complexity index is 336. The van der Waals surface area contributed by atoms with Crippen LogP contribution in [0.5, 0.6) is 0 Å². The minimum atomic E-state index is 0.685. The largest absolute Gasteiger partial charge is 0.310 e. The number of hydrogen-bond acceptors (Lipinski definition) is 1. The summed E-state index contributed by atoms with van der Waals surface area (Å²) in [5, 5.41) is 4.49. The lowest BCUT2D eigenvalue weighted by atomic mass is 9.80. The van der Waals surface area contributed by atoms with E-state index in [0.29, 0.717) is 6.04 Å². The van der Waals surface area contributed by atoms with E-state index in [0.717, 1.165) is 23.4 Å². The van der Waals surface area contributed by atoms with Crippen LogP contribution in [-0.2, 0) is 6.54 Å². The highest BCUT2D eigenvalue weighted by Gasteiger charge is 2.23. The van der Waals surface area contributed by atoms with Crippen molar-refractivity contribution >= 4 is 11.6 Å². The molecule has 94 valence electrons. The molecule has 0 bridgehead atoms. The summed E-state index contributed by atoms with van der Waals surface area (Å²) in [5.41, 5.74) is 1.32. The van der Waals surface area contributed by atoms with E-state index in [-0.39, 0.29) is 0 Å². The third-order valence-corrected chi connectivity index (χ3v) is 3.94. The van der Waals surface area contributed by atoms with Crippen LogP contribution in [-0.4, -0.2) is 6.04 Å². The predicted octanol–water partition coefficient (Wildman–Crippen LogP) is 4.25. The van der Waals surface area contributed by atoms with Crippen LogP contribution < -0.4 is 5.32 Å². The van der Waals surface area contributed by atoms with Crippen molar-refractivity contribution in [1.82, 2.24) is 5.32 Å². The van der Waals surface area contributed by atoms with Gasteiger partial charge in [0.2, 0.25) is 0 Å². The van der Waals surface area contributed by atoms with Gasteiger partial charge in [0.25, 0.3) is 0 Å². The number of rotatable bonds is 3. The minimum absolute atomic E-state index is 0.685. The molecule has 0 saturated heterocycles. The zero-order chi connectivity index (χ0) is 12.3. The summed E-state index contributed by atoms with van der Waals surface area (Å²) in [7, 11) is 0. The molecular formula is C15H22ClN. The lowest BCUT2D eigenvalue weighted by molar-refractivity contribution is 0.238. The molecule has 0 aliphatic heterocycles. The van der Waals surface area contributed by atoms with Crippen LogP contribution in [0.25, 0.3) is 0 Å². The second-order valence-corrected chi connectivity index (χ2v) is 6.06. The molecule has 2 rings (SSSR count). The summed E-state index contributed by atoms with van der Waals surface area (Å²) in [6.45, 7) is 5.69. The molecule has 1 aromatic rings. The lowest BCUT2D eigenvalue weighted by Crippen LogP contribution is -2.35. The molecule has 17 heavy (non-hydrogen) atoms. The van der Waals surface area contributed by atoms with E-state index in [2.05, 4.69) is 31.3 Å². The van der Waals surface area contributed by atoms with E-state index >= 15 is 0 Å². The normalized spacial score (nSPS) is 29.2. The van der Waals surface area contributed by atoms with Gasteiger partial charge in [-0.25, -0.2) is 0 Å². The van der Waals surface area contributed by atoms with E-state index in [1.54, 1.807) is 0 Å². The van der Waals surface area contributed by atoms with Crippen LogP contribution in [0.4, 0.5) is 0 Å². The van der Waals surface area contributed by atoms with Crippen LogP contribution in [0.3, 0.4) is 0 Å². The van der Waals surface area contributed by atoms with Gasteiger partial charge in [0, 0.05) is 17.6 Å². The number of halogens is 1. The van der Waals surface area contributed by atoms with Crippen molar-refractivity contribution in [2.45, 2.75) is 45.7 Å². The molecule has 0 amide bonds. The van der Waals surface area contributed by atoms with Gasteiger partial charge in [-0.05, 0) is 48.8 Å². The van der Waals surface area contributed by atoms with Crippen LogP contribution in [0.2, 0.25) is 5.02 Å². The smallest absolute Gasteiger partial charge is 0.0406 e. The first-order valence-corrected chi connectivity index (χ1v) is 6.99. The maximum absolute atomic E-state index is 5.88. The summed E-state index contributed by atoms with van der Waals surface area (Å²) in [5.74, 6) is 1.72. The Labute approximate surface area is 110 Å². The van der Waals surface area contributed by atoms with Gasteiger partial charge in [0.05, 0.1) is 0 Å². The number of nitrogens with one attached hydrogen (secondary N) is 1. The predicted molar refractivity (Wildman–Crippen MR) is 74.3 cm³/mol. The van der Waals surface area contributed by atoms with Crippen molar-refractivity contribution in [2.24, 2.45) is 11.8 Å². The molecule has 1 aliphatic carbocycles. The second kappa shape index (κ2) is 5.88. The third-order valence-electron chi connectivity index (χ3n) is 3.69. The maximum atomic E-state index is 5.88. The van der Waals surface area contributed by atoms with Crippen LogP contribution in [0.1, 0.15) is 38.7 Å². The zero-order valence-corrected chi connectivity index (χ0v) is 11.5. The Morgan fingerprint density at radius 1 is 1.06 bits per heavy atom. The van der Waals surface area contributed by atoms with E-state index in [1.807, 2.05) is 12.1 Å². The van der Waals surface area contributed by atoms with Gasteiger partial charge >= 0.3 is 0 Å². The lowest BCUT2D eigenvalue weighted by Gasteiger charge is -2.32. The molecule has 2 heteroatoms. The van der Waals surface area contributed by atoms with Crippen molar-refractivity contribution in [2.75, 3.05) is 0 Å². The van der Waals surface area contributed by atoms with Gasteiger partial charge in [-0.15, -0.1) is 0 Å². The van der Waals surface area contributed by atoms with E-state index in [4.69, 9.17) is 11.6 Å². The molecule has 1 fully saturated rings. The zero-order valence-electron chi connectivity index (χ0n) is 10.7. The average molecular weight is 252 g/mol. The SMILES string of the molecule is CC1CC(C)CC(NCc2ccc(Cl)cc2)C1. The quantitative estimate of drug-likeness (QED) is 0.847. The maximum Gasteiger partial charge on any atom is 0.0406 e. The van der Waals surface area contributed by atoms with E-state index in [1.165, 1.54) is 24.8 Å². The van der Waals surface area contributed by atoms with Gasteiger partial charge in [-0.2, -0.15) is 0 Å². The second-order valence-electron chi connectivity index (χ2n) is 5.62. The Morgan fingerprint density at radius 2 is 1.65 bits per heavy atom. The van der Waals surface area contributed by atoms with Crippen molar-refractivity contribution in [3.05, 3.63) is 34.9 Å². The molecule has 1 nitrogen and oxygen atoms in total. The highest BCUT2D eigenvalue weighted by Crippen LogP contribution is 2.28. The monoisotopic (exact) mass is 251 g/mol. The summed E-state index contributed by atoms with van der Waals surface area (Å²) in [6.07, 6.45) is 4.02. The molecule has 2 unspecified atom stereocenters. The highest BCUT2D eigenvalue weighted by molar-refractivity contribution is 6.30. The Kier molecular flexibility index (Phi) is 4.47. The van der Waals surface area contributed by atoms with Gasteiger partial charge < -0.3 is 5.32 Å². The highest BCUT2D eigenvalue weighted by atomic mass is 35.5. The molecule has 1 N–H and O–H groups in total. The Balaban J connectivity index is 1.83. The summed E-state index contributed by atoms with van der Waals surface area (Å²) >= 11 is 5.88. The van der Waals surface area contributed by atoms with Crippen molar-refractivity contribution in [3.8, 4) is 0 Å². The first kappa shape index (κ1) is 12.9. The third kappa shape index (κ3) is 4.01. The van der Waals surface area contributed by atoms with Crippen molar-refractivity contribution < 1.29 is 0 Å². The minimum Gasteiger partial charge on any atom is -0.310 e. The Hall–Kier alpha value is -0.530. The van der Waals surface area contributed by atoms with Crippen LogP contribution >= 0.6 is 11.6 Å². The van der Waals surface area contributed by atoms with Crippen LogP contribution in [0, 0.1) is 11.8 Å². The molecule has 0 spiro atoms. The fourth-order valence-electron chi connectivity index (χ4n) is 2.98. The number of hydrogen-bond donors (Lipinski definition) is 1. The first-order valence-electron chi connectivity index (χ1n) is 6.61. The molecule has 1 saturated carbocycles. The van der Waals surface area contributed by atoms with Gasteiger partial charge in [0.1, 0.15) is 0 Å². The van der Waals surface area contributed by atoms with Crippen molar-refractivity contribution in [1.29, 1.82) is 0 Å². The van der Waals surface area contributed by atoms with Gasteiger partial charge in [-0.1, -0.05) is 37.6 Å². The summed E-state index contributed by atoms with van der Waals surface area (Å²) in [4.78, 5) is 0. The van der Waals surface area contributed by atoms with Crippen LogP contribution in [0.15, 0.2) is 24.3 Å². The molecule has 1 aromatic carbocycles. The topological polar surface area (TPSA) is 12.0 Å². The van der Waals surface area contributed by atoms with Crippen molar-refractivity contribution in [3.63, 3.8) is 0 Å². The molecular weight excluding hydrogens is 230 g/mol. The van der Waals surface area contributed by atoms with E-state index < -0.39 is 0 Å². The molecule has 1 aliphatic rings. The Morgan fingerprint density at radius 3 is 2.24 bits per heavy atom. The number of benzene rings is 1. The first-order chi connectivity index (χ1) is 8.13. The van der Waals surface area contributed by atoms with Gasteiger partial charge in [0.15, 0.2) is 0 Å². The van der Waals surface area contributed by atoms with E-state index in [9.17, 15) is 0 Å². The molecule has 0 aromatic heterocycles. The van der Waals surface area contributed by atoms with Gasteiger partial charge in [-0.3, -0.25) is 0 Å². The molecule has 0 heterocycles.